The lowest BCUT2D eigenvalue weighted by Gasteiger charge is -2.41. The van der Waals surface area contributed by atoms with Crippen LogP contribution in [0.15, 0.2) is 133 Å². The second-order valence-corrected chi connectivity index (χ2v) is 12.8. The third-order valence-electron chi connectivity index (χ3n) is 9.66. The van der Waals surface area contributed by atoms with Gasteiger partial charge in [0, 0.05) is 22.4 Å². The van der Waals surface area contributed by atoms with Crippen LogP contribution in [0.25, 0.3) is 56.3 Å². The van der Waals surface area contributed by atoms with Crippen molar-refractivity contribution < 1.29 is 0 Å². The Morgan fingerprint density at radius 2 is 0.935 bits per heavy atom. The molecule has 2 aromatic heterocycles. The Morgan fingerprint density at radius 1 is 0.435 bits per heavy atom. The molecule has 1 aliphatic rings. The molecule has 0 fully saturated rings. The van der Waals surface area contributed by atoms with Crippen LogP contribution in [-0.4, -0.2) is 30.0 Å². The molecule has 46 heavy (non-hydrogen) atoms. The van der Waals surface area contributed by atoms with Gasteiger partial charge in [0.1, 0.15) is 5.52 Å². The highest BCUT2D eigenvalue weighted by atomic mass is 15.4. The molecule has 0 saturated carbocycles. The maximum Gasteiger partial charge on any atom is 0.212 e. The van der Waals surface area contributed by atoms with Crippen LogP contribution in [0, 0.1) is 0 Å². The summed E-state index contributed by atoms with van der Waals surface area (Å²) in [5.41, 5.74) is 7.64. The van der Waals surface area contributed by atoms with Gasteiger partial charge in [-0.3, -0.25) is 0 Å². The number of nitrogens with zero attached hydrogens (tertiary/aromatic N) is 6. The Morgan fingerprint density at radius 3 is 1.50 bits per heavy atom. The largest absolute Gasteiger partial charge is 0.304 e. The maximum atomic E-state index is 5.39. The Balaban J connectivity index is 1.30. The molecule has 0 N–H and O–H groups in total. The van der Waals surface area contributed by atoms with Crippen LogP contribution >= 0.6 is 0 Å². The first kappa shape index (κ1) is 27.9. The molecule has 7 aromatic rings. The molecule has 8 rings (SSSR count). The van der Waals surface area contributed by atoms with Gasteiger partial charge in [0.05, 0.1) is 16.6 Å². The standard InChI is InChI=1S/C40H34N6/c1-39(2)40(3,4)46-33-22-14-21-32(34(33)41-38(46)45(39)31-25-23-28(24-26-31)27-15-8-5-9-16-27)37-43-35(29-17-10-6-11-18-29)42-36(44-37)30-19-12-7-13-20-30/h5-26H,1-4H3. The Labute approximate surface area is 269 Å². The highest BCUT2D eigenvalue weighted by molar-refractivity contribution is 5.94. The van der Waals surface area contributed by atoms with E-state index in [4.69, 9.17) is 19.9 Å². The summed E-state index contributed by atoms with van der Waals surface area (Å²) in [7, 11) is 0. The van der Waals surface area contributed by atoms with Crippen molar-refractivity contribution in [2.24, 2.45) is 0 Å². The molecule has 0 spiro atoms. The predicted molar refractivity (Wildman–Crippen MR) is 187 cm³/mol. The minimum Gasteiger partial charge on any atom is -0.304 e. The van der Waals surface area contributed by atoms with Crippen LogP contribution < -0.4 is 4.90 Å². The Hall–Kier alpha value is -5.62. The average Bonchev–Trinajstić information content (AvgIpc) is 3.55. The molecule has 0 aliphatic carbocycles. The number of para-hydroxylation sites is 1. The highest BCUT2D eigenvalue weighted by Crippen LogP contribution is 2.52. The first-order chi connectivity index (χ1) is 22.3. The fourth-order valence-electron chi connectivity index (χ4n) is 6.57. The van der Waals surface area contributed by atoms with Crippen molar-refractivity contribution in [3.63, 3.8) is 0 Å². The molecule has 0 atom stereocenters. The first-order valence-corrected chi connectivity index (χ1v) is 15.7. The number of rotatable bonds is 5. The van der Waals surface area contributed by atoms with Crippen LogP contribution in [0.1, 0.15) is 27.7 Å². The van der Waals surface area contributed by atoms with Crippen molar-refractivity contribution in [3.05, 3.63) is 133 Å². The first-order valence-electron chi connectivity index (χ1n) is 15.7. The average molecular weight is 599 g/mol. The molecule has 5 aromatic carbocycles. The van der Waals surface area contributed by atoms with E-state index in [1.807, 2.05) is 66.7 Å². The summed E-state index contributed by atoms with van der Waals surface area (Å²) in [6, 6.07) is 45.8. The van der Waals surface area contributed by atoms with Crippen LogP contribution in [0.2, 0.25) is 0 Å². The van der Waals surface area contributed by atoms with Crippen molar-refractivity contribution in [1.29, 1.82) is 0 Å². The van der Waals surface area contributed by atoms with E-state index in [2.05, 4.69) is 104 Å². The van der Waals surface area contributed by atoms with E-state index < -0.39 is 0 Å². The summed E-state index contributed by atoms with van der Waals surface area (Å²) in [6.07, 6.45) is 0. The predicted octanol–water partition coefficient (Wildman–Crippen LogP) is 9.55. The van der Waals surface area contributed by atoms with Gasteiger partial charge in [0.15, 0.2) is 17.5 Å². The SMILES string of the molecule is CC1(C)N(c2ccc(-c3ccccc3)cc2)c2nc3c(-c4nc(-c5ccccc5)nc(-c5ccccc5)n4)cccc3n2C1(C)C. The summed E-state index contributed by atoms with van der Waals surface area (Å²) >= 11 is 0. The summed E-state index contributed by atoms with van der Waals surface area (Å²) < 4.78 is 2.38. The third kappa shape index (κ3) is 4.32. The lowest BCUT2D eigenvalue weighted by molar-refractivity contribution is 0.253. The molecule has 3 heterocycles. The lowest BCUT2D eigenvalue weighted by Crippen LogP contribution is -2.50. The molecular weight excluding hydrogens is 564 g/mol. The van der Waals surface area contributed by atoms with Crippen LogP contribution in [0.4, 0.5) is 11.6 Å². The number of benzene rings is 5. The van der Waals surface area contributed by atoms with Gasteiger partial charge in [-0.05, 0) is 63.1 Å². The summed E-state index contributed by atoms with van der Waals surface area (Å²) in [5, 5.41) is 0. The molecule has 224 valence electrons. The van der Waals surface area contributed by atoms with Crippen molar-refractivity contribution in [2.45, 2.75) is 38.8 Å². The molecular formula is C40H34N6. The van der Waals surface area contributed by atoms with Gasteiger partial charge in [-0.2, -0.15) is 0 Å². The summed E-state index contributed by atoms with van der Waals surface area (Å²) in [4.78, 5) is 22.7. The zero-order valence-corrected chi connectivity index (χ0v) is 26.4. The summed E-state index contributed by atoms with van der Waals surface area (Å²) in [6.45, 7) is 9.19. The van der Waals surface area contributed by atoms with E-state index in [9.17, 15) is 0 Å². The molecule has 0 saturated heterocycles. The van der Waals surface area contributed by atoms with Gasteiger partial charge in [-0.25, -0.2) is 19.9 Å². The number of fused-ring (bicyclic) bond motifs is 3. The van der Waals surface area contributed by atoms with E-state index in [-0.39, 0.29) is 11.1 Å². The summed E-state index contributed by atoms with van der Waals surface area (Å²) in [5.74, 6) is 2.78. The fourth-order valence-corrected chi connectivity index (χ4v) is 6.57. The molecule has 0 unspecified atom stereocenters. The zero-order chi connectivity index (χ0) is 31.5. The second-order valence-electron chi connectivity index (χ2n) is 12.8. The number of anilines is 2. The number of imidazole rings is 1. The monoisotopic (exact) mass is 598 g/mol. The number of hydrogen-bond donors (Lipinski definition) is 0. The van der Waals surface area contributed by atoms with Gasteiger partial charge in [-0.1, -0.05) is 109 Å². The van der Waals surface area contributed by atoms with E-state index >= 15 is 0 Å². The van der Waals surface area contributed by atoms with Crippen LogP contribution in [-0.2, 0) is 5.54 Å². The fraction of sp³-hybridized carbons (Fsp3) is 0.150. The number of hydrogen-bond acceptors (Lipinski definition) is 5. The van der Waals surface area contributed by atoms with Crippen molar-refractivity contribution >= 4 is 22.7 Å². The van der Waals surface area contributed by atoms with Crippen molar-refractivity contribution in [1.82, 2.24) is 24.5 Å². The third-order valence-corrected chi connectivity index (χ3v) is 9.66. The molecule has 6 nitrogen and oxygen atoms in total. The minimum atomic E-state index is -0.280. The lowest BCUT2D eigenvalue weighted by atomic mass is 9.82. The van der Waals surface area contributed by atoms with Crippen molar-refractivity contribution in [3.8, 4) is 45.3 Å². The van der Waals surface area contributed by atoms with Crippen molar-refractivity contribution in [2.75, 3.05) is 4.90 Å². The van der Waals surface area contributed by atoms with Crippen LogP contribution in [0.3, 0.4) is 0 Å². The van der Waals surface area contributed by atoms with Gasteiger partial charge in [-0.15, -0.1) is 0 Å². The van der Waals surface area contributed by atoms with Gasteiger partial charge in [0.2, 0.25) is 5.95 Å². The number of aromatic nitrogens is 5. The Kier molecular flexibility index (Phi) is 6.36. The second kappa shape index (κ2) is 10.5. The normalized spacial score (nSPS) is 14.8. The van der Waals surface area contributed by atoms with Gasteiger partial charge >= 0.3 is 0 Å². The zero-order valence-electron chi connectivity index (χ0n) is 26.4. The molecule has 0 radical (unpaired) electrons. The maximum absolute atomic E-state index is 5.39. The van der Waals surface area contributed by atoms with E-state index in [0.717, 1.165) is 39.4 Å². The topological polar surface area (TPSA) is 59.7 Å². The Bertz CT molecular complexity index is 2130. The minimum absolute atomic E-state index is 0.262. The van der Waals surface area contributed by atoms with E-state index in [1.165, 1.54) is 11.1 Å². The van der Waals surface area contributed by atoms with E-state index in [1.54, 1.807) is 0 Å². The molecule has 0 amide bonds. The van der Waals surface area contributed by atoms with E-state index in [0.29, 0.717) is 17.5 Å². The highest BCUT2D eigenvalue weighted by Gasteiger charge is 2.53. The van der Waals surface area contributed by atoms with Gasteiger partial charge < -0.3 is 9.47 Å². The molecule has 6 heteroatoms. The quantitative estimate of drug-likeness (QED) is 0.197. The molecule has 0 bridgehead atoms. The smallest absolute Gasteiger partial charge is 0.212 e. The van der Waals surface area contributed by atoms with Crippen LogP contribution in [0.5, 0.6) is 0 Å². The molecule has 1 aliphatic heterocycles. The van der Waals surface area contributed by atoms with Gasteiger partial charge in [0.25, 0.3) is 0 Å².